The number of rotatable bonds is 2. The van der Waals surface area contributed by atoms with Crippen LogP contribution in [0.5, 0.6) is 0 Å². The molecule has 3 unspecified atom stereocenters. The Morgan fingerprint density at radius 1 is 1.23 bits per heavy atom. The number of aromatic carboxylic acids is 1. The molecule has 0 saturated heterocycles. The summed E-state index contributed by atoms with van der Waals surface area (Å²) in [5.74, 6) is -0.908. The Morgan fingerprint density at radius 3 is 2.27 bits per heavy atom. The summed E-state index contributed by atoms with van der Waals surface area (Å²) < 4.78 is 0. The third-order valence-corrected chi connectivity index (χ3v) is 5.92. The number of carboxylic acid groups (broad SMARTS) is 1. The molecule has 4 nitrogen and oxygen atoms in total. The number of ketones is 1. The molecule has 0 spiro atoms. The third-order valence-electron chi connectivity index (χ3n) is 5.92. The number of carbonyl (C=O) groups is 2. The number of benzene rings is 1. The van der Waals surface area contributed by atoms with E-state index >= 15 is 0 Å². The first-order valence-electron chi connectivity index (χ1n) is 7.47. The van der Waals surface area contributed by atoms with Crippen LogP contribution in [0, 0.1) is 16.7 Å². The van der Waals surface area contributed by atoms with Crippen molar-refractivity contribution in [1.29, 1.82) is 0 Å². The van der Waals surface area contributed by atoms with Crippen molar-refractivity contribution in [1.82, 2.24) is 0 Å². The number of allylic oxidation sites excluding steroid dienone is 1. The van der Waals surface area contributed by atoms with Gasteiger partial charge >= 0.3 is 5.97 Å². The van der Waals surface area contributed by atoms with Gasteiger partial charge in [-0.25, -0.2) is 4.79 Å². The largest absolute Gasteiger partial charge is 0.478 e. The molecule has 2 aliphatic rings. The molecule has 2 N–H and O–H groups in total. The maximum Gasteiger partial charge on any atom is 0.335 e. The Bertz CT molecular complexity index is 684. The number of carboxylic acids is 1. The van der Waals surface area contributed by atoms with Crippen LogP contribution in [0.2, 0.25) is 0 Å². The summed E-state index contributed by atoms with van der Waals surface area (Å²) in [5, 5.41) is 19.2. The van der Waals surface area contributed by atoms with Crippen molar-refractivity contribution in [3.63, 3.8) is 0 Å². The fraction of sp³-hybridized carbons (Fsp3) is 0.444. The van der Waals surface area contributed by atoms with Crippen LogP contribution in [0.1, 0.15) is 43.1 Å². The minimum absolute atomic E-state index is 0.0172. The fourth-order valence-electron chi connectivity index (χ4n) is 4.03. The van der Waals surface area contributed by atoms with Crippen LogP contribution in [0.15, 0.2) is 29.8 Å². The van der Waals surface area contributed by atoms with Crippen molar-refractivity contribution in [2.45, 2.75) is 33.3 Å². The number of carbonyl (C=O) groups excluding carboxylic acids is 1. The molecule has 2 bridgehead atoms. The Labute approximate surface area is 129 Å². The first-order chi connectivity index (χ1) is 10.2. The molecule has 1 aromatic carbocycles. The molecule has 2 aliphatic carbocycles. The molecular weight excluding hydrogens is 280 g/mol. The van der Waals surface area contributed by atoms with Crippen LogP contribution in [0.4, 0.5) is 0 Å². The van der Waals surface area contributed by atoms with Crippen LogP contribution in [0.25, 0.3) is 6.08 Å². The molecule has 22 heavy (non-hydrogen) atoms. The number of aliphatic hydroxyl groups is 1. The normalized spacial score (nSPS) is 34.4. The number of hydrogen-bond acceptors (Lipinski definition) is 3. The van der Waals surface area contributed by atoms with Crippen molar-refractivity contribution in [3.05, 3.63) is 41.0 Å². The molecule has 0 amide bonds. The summed E-state index contributed by atoms with van der Waals surface area (Å²) >= 11 is 0. The fourth-order valence-corrected chi connectivity index (χ4v) is 4.03. The van der Waals surface area contributed by atoms with Gasteiger partial charge in [-0.1, -0.05) is 26.0 Å². The van der Waals surface area contributed by atoms with Gasteiger partial charge < -0.3 is 10.2 Å². The zero-order valence-electron chi connectivity index (χ0n) is 13.0. The first kappa shape index (κ1) is 15.0. The minimum Gasteiger partial charge on any atom is -0.478 e. The van der Waals surface area contributed by atoms with E-state index in [1.54, 1.807) is 12.1 Å². The van der Waals surface area contributed by atoms with E-state index in [1.165, 1.54) is 12.1 Å². The number of fused-ring (bicyclic) bond motifs is 2. The highest BCUT2D eigenvalue weighted by atomic mass is 16.4. The Hall–Kier alpha value is -1.94. The van der Waals surface area contributed by atoms with E-state index in [9.17, 15) is 14.7 Å². The van der Waals surface area contributed by atoms with Crippen molar-refractivity contribution in [2.24, 2.45) is 16.7 Å². The van der Waals surface area contributed by atoms with Gasteiger partial charge in [0.05, 0.1) is 17.1 Å². The Morgan fingerprint density at radius 2 is 1.82 bits per heavy atom. The van der Waals surface area contributed by atoms with Crippen LogP contribution in [0.3, 0.4) is 0 Å². The summed E-state index contributed by atoms with van der Waals surface area (Å²) in [7, 11) is 0. The average Bonchev–Trinajstić information content (AvgIpc) is 2.72. The van der Waals surface area contributed by atoms with E-state index in [0.29, 0.717) is 6.42 Å². The van der Waals surface area contributed by atoms with Gasteiger partial charge in [0.25, 0.3) is 0 Å². The second-order valence-corrected chi connectivity index (χ2v) is 7.08. The minimum atomic E-state index is -0.966. The van der Waals surface area contributed by atoms with E-state index in [2.05, 4.69) is 0 Å². The second kappa shape index (κ2) is 4.53. The number of Topliss-reactive ketones (excluding diaryl/α,β-unsaturated/α-hetero) is 1. The standard InChI is InChI=1S/C18H20O4/c1-17(2)13-9-14(19)18(17,3)15(20)12(13)8-10-4-6-11(7-5-10)16(21)22/h4-8,13-14,19H,9H2,1-3H3,(H,21,22)/b12-8+. The second-order valence-electron chi connectivity index (χ2n) is 7.08. The molecule has 4 heteroatoms. The van der Waals surface area contributed by atoms with Crippen molar-refractivity contribution in [3.8, 4) is 0 Å². The molecule has 1 aromatic rings. The maximum atomic E-state index is 12.8. The van der Waals surface area contributed by atoms with E-state index in [4.69, 9.17) is 5.11 Å². The van der Waals surface area contributed by atoms with Gasteiger partial charge in [0.1, 0.15) is 0 Å². The number of aliphatic hydroxyl groups excluding tert-OH is 1. The predicted octanol–water partition coefficient (Wildman–Crippen LogP) is 2.76. The molecule has 3 rings (SSSR count). The summed E-state index contributed by atoms with van der Waals surface area (Å²) in [4.78, 5) is 23.7. The molecule has 0 aliphatic heterocycles. The van der Waals surface area contributed by atoms with Crippen molar-refractivity contribution >= 4 is 17.8 Å². The zero-order valence-corrected chi connectivity index (χ0v) is 13.0. The van der Waals surface area contributed by atoms with Gasteiger partial charge in [-0.05, 0) is 48.4 Å². The molecule has 0 heterocycles. The van der Waals surface area contributed by atoms with Crippen LogP contribution in [-0.4, -0.2) is 28.1 Å². The van der Waals surface area contributed by atoms with Gasteiger partial charge in [-0.3, -0.25) is 4.79 Å². The number of hydrogen-bond donors (Lipinski definition) is 2. The molecule has 2 fully saturated rings. The van der Waals surface area contributed by atoms with Gasteiger partial charge in [-0.15, -0.1) is 0 Å². The van der Waals surface area contributed by atoms with E-state index in [1.807, 2.05) is 26.8 Å². The van der Waals surface area contributed by atoms with E-state index in [-0.39, 0.29) is 22.7 Å². The lowest BCUT2D eigenvalue weighted by molar-refractivity contribution is -0.132. The summed E-state index contributed by atoms with van der Waals surface area (Å²) in [6.45, 7) is 5.94. The lowest BCUT2D eigenvalue weighted by Crippen LogP contribution is -2.41. The van der Waals surface area contributed by atoms with Gasteiger partial charge in [-0.2, -0.15) is 0 Å². The lowest BCUT2D eigenvalue weighted by atomic mass is 9.69. The highest BCUT2D eigenvalue weighted by Crippen LogP contribution is 2.65. The van der Waals surface area contributed by atoms with Crippen molar-refractivity contribution < 1.29 is 19.8 Å². The molecule has 2 saturated carbocycles. The molecule has 0 aromatic heterocycles. The highest BCUT2D eigenvalue weighted by molar-refractivity contribution is 6.08. The van der Waals surface area contributed by atoms with Crippen molar-refractivity contribution in [2.75, 3.05) is 0 Å². The van der Waals surface area contributed by atoms with E-state index < -0.39 is 17.5 Å². The molecule has 116 valence electrons. The Balaban J connectivity index is 2.00. The quantitative estimate of drug-likeness (QED) is 0.824. The summed E-state index contributed by atoms with van der Waals surface area (Å²) in [6, 6.07) is 6.49. The zero-order chi connectivity index (χ0) is 16.3. The average molecular weight is 300 g/mol. The topological polar surface area (TPSA) is 74.6 Å². The van der Waals surface area contributed by atoms with Gasteiger partial charge in [0.15, 0.2) is 5.78 Å². The Kier molecular flexibility index (Phi) is 3.08. The summed E-state index contributed by atoms with van der Waals surface area (Å²) in [6.07, 6.45) is 1.86. The van der Waals surface area contributed by atoms with Crippen LogP contribution < -0.4 is 0 Å². The predicted molar refractivity (Wildman–Crippen MR) is 82.4 cm³/mol. The maximum absolute atomic E-state index is 12.8. The van der Waals surface area contributed by atoms with E-state index in [0.717, 1.165) is 11.1 Å². The van der Waals surface area contributed by atoms with Gasteiger partial charge in [0, 0.05) is 5.57 Å². The monoisotopic (exact) mass is 300 g/mol. The molecule has 0 radical (unpaired) electrons. The van der Waals surface area contributed by atoms with Crippen LogP contribution >= 0.6 is 0 Å². The SMILES string of the molecule is CC1(C)C2CC(O)C1(C)C(=O)/C2=C/c1ccc(C(=O)O)cc1. The first-order valence-corrected chi connectivity index (χ1v) is 7.47. The molecule has 3 atom stereocenters. The van der Waals surface area contributed by atoms with Gasteiger partial charge in [0.2, 0.25) is 0 Å². The summed E-state index contributed by atoms with van der Waals surface area (Å²) in [5.41, 5.74) is 0.792. The lowest BCUT2D eigenvalue weighted by Gasteiger charge is -2.34. The highest BCUT2D eigenvalue weighted by Gasteiger charge is 2.68. The smallest absolute Gasteiger partial charge is 0.335 e. The molecular formula is C18H20O4. The third kappa shape index (κ3) is 1.73. The van der Waals surface area contributed by atoms with Crippen LogP contribution in [-0.2, 0) is 4.79 Å².